The van der Waals surface area contributed by atoms with Crippen molar-refractivity contribution < 1.29 is 5.11 Å². The van der Waals surface area contributed by atoms with Crippen molar-refractivity contribution in [2.45, 2.75) is 43.8 Å². The molecule has 1 aliphatic heterocycles. The molecule has 1 aliphatic carbocycles. The minimum absolute atomic E-state index is 0. The molecule has 4 nitrogen and oxygen atoms in total. The van der Waals surface area contributed by atoms with Crippen LogP contribution in [0.4, 0.5) is 0 Å². The number of aliphatic hydroxyl groups is 1. The average molecular weight is 413 g/mol. The molecule has 20 heavy (non-hydrogen) atoms. The van der Waals surface area contributed by atoms with Crippen molar-refractivity contribution >= 4 is 41.7 Å². The second-order valence-electron chi connectivity index (χ2n) is 5.47. The third-order valence-corrected chi connectivity index (χ3v) is 5.55. The van der Waals surface area contributed by atoms with Crippen LogP contribution in [0.3, 0.4) is 0 Å². The Balaban J connectivity index is 0.00000200. The molecule has 2 fully saturated rings. The summed E-state index contributed by atoms with van der Waals surface area (Å²) in [4.78, 5) is 6.91. The molecule has 0 aromatic rings. The van der Waals surface area contributed by atoms with Crippen LogP contribution in [0.2, 0.25) is 0 Å². The monoisotopic (exact) mass is 413 g/mol. The largest absolute Gasteiger partial charge is 0.394 e. The van der Waals surface area contributed by atoms with Gasteiger partial charge in [0.1, 0.15) is 0 Å². The second kappa shape index (κ2) is 9.35. The Morgan fingerprint density at radius 2 is 2.10 bits per heavy atom. The van der Waals surface area contributed by atoms with Gasteiger partial charge in [0, 0.05) is 30.1 Å². The fraction of sp³-hybridized carbons (Fsp3) is 0.929. The maximum atomic E-state index is 8.97. The summed E-state index contributed by atoms with van der Waals surface area (Å²) in [5.41, 5.74) is 0. The molecule has 0 amide bonds. The Labute approximate surface area is 144 Å². The summed E-state index contributed by atoms with van der Waals surface area (Å²) in [5, 5.41) is 12.3. The van der Waals surface area contributed by atoms with Gasteiger partial charge in [0.05, 0.1) is 13.2 Å². The standard InChI is InChI=1S/C14H27N3OS.HI/c1-2-15-13(16-8-10-18)17-9-11-19-14(12-17)6-4-3-5-7-14;/h18H,2-12H2,1H3,(H,15,16);1H. The number of rotatable bonds is 3. The van der Waals surface area contributed by atoms with Crippen molar-refractivity contribution in [1.82, 2.24) is 10.2 Å². The maximum Gasteiger partial charge on any atom is 0.194 e. The van der Waals surface area contributed by atoms with Gasteiger partial charge in [0.15, 0.2) is 5.96 Å². The molecular formula is C14H28IN3OS. The smallest absolute Gasteiger partial charge is 0.194 e. The number of hydrogen-bond donors (Lipinski definition) is 2. The van der Waals surface area contributed by atoms with Gasteiger partial charge < -0.3 is 15.3 Å². The number of halogens is 1. The van der Waals surface area contributed by atoms with Crippen molar-refractivity contribution in [3.05, 3.63) is 0 Å². The maximum absolute atomic E-state index is 8.97. The number of nitrogens with one attached hydrogen (secondary N) is 1. The second-order valence-corrected chi connectivity index (χ2v) is 7.04. The van der Waals surface area contributed by atoms with Crippen LogP contribution in [0, 0.1) is 0 Å². The minimum atomic E-state index is 0. The molecule has 1 heterocycles. The molecular weight excluding hydrogens is 385 g/mol. The van der Waals surface area contributed by atoms with Crippen LogP contribution in [-0.2, 0) is 0 Å². The Bertz CT molecular complexity index is 303. The van der Waals surface area contributed by atoms with Crippen LogP contribution in [0.5, 0.6) is 0 Å². The topological polar surface area (TPSA) is 47.9 Å². The highest BCUT2D eigenvalue weighted by molar-refractivity contribution is 14.0. The van der Waals surface area contributed by atoms with Crippen LogP contribution < -0.4 is 5.32 Å². The van der Waals surface area contributed by atoms with E-state index in [0.29, 0.717) is 11.3 Å². The highest BCUT2D eigenvalue weighted by Crippen LogP contribution is 2.42. The molecule has 0 radical (unpaired) electrons. The first kappa shape index (κ1) is 18.4. The zero-order chi connectivity index (χ0) is 13.6. The van der Waals surface area contributed by atoms with Crippen molar-refractivity contribution in [2.24, 2.45) is 4.99 Å². The number of guanidine groups is 1. The summed E-state index contributed by atoms with van der Waals surface area (Å²) in [6.45, 7) is 5.81. The van der Waals surface area contributed by atoms with Gasteiger partial charge in [-0.15, -0.1) is 24.0 Å². The molecule has 2 N–H and O–H groups in total. The molecule has 118 valence electrons. The molecule has 0 aromatic carbocycles. The lowest BCUT2D eigenvalue weighted by molar-refractivity contribution is 0.288. The van der Waals surface area contributed by atoms with Crippen molar-refractivity contribution in [2.75, 3.05) is 38.5 Å². The third kappa shape index (κ3) is 4.94. The van der Waals surface area contributed by atoms with Crippen LogP contribution in [0.1, 0.15) is 39.0 Å². The Kier molecular flexibility index (Phi) is 8.59. The summed E-state index contributed by atoms with van der Waals surface area (Å²) in [6, 6.07) is 0. The lowest BCUT2D eigenvalue weighted by Crippen LogP contribution is -2.53. The first-order chi connectivity index (χ1) is 9.29. The van der Waals surface area contributed by atoms with E-state index in [-0.39, 0.29) is 30.6 Å². The first-order valence-electron chi connectivity index (χ1n) is 7.58. The molecule has 1 saturated heterocycles. The molecule has 2 aliphatic rings. The van der Waals surface area contributed by atoms with Gasteiger partial charge in [-0.1, -0.05) is 19.3 Å². The number of hydrogen-bond acceptors (Lipinski definition) is 3. The Morgan fingerprint density at radius 1 is 1.35 bits per heavy atom. The molecule has 0 bridgehead atoms. The SMILES string of the molecule is CCNC(=NCCO)N1CCSC2(CCCCC2)C1.I. The van der Waals surface area contributed by atoms with Crippen molar-refractivity contribution in [3.8, 4) is 0 Å². The number of nitrogens with zero attached hydrogens (tertiary/aromatic N) is 2. The molecule has 0 aromatic heterocycles. The van der Waals surface area contributed by atoms with Gasteiger partial charge in [0.25, 0.3) is 0 Å². The zero-order valence-electron chi connectivity index (χ0n) is 12.4. The molecule has 0 atom stereocenters. The predicted molar refractivity (Wildman–Crippen MR) is 98.3 cm³/mol. The van der Waals surface area contributed by atoms with E-state index in [2.05, 4.69) is 33.9 Å². The lowest BCUT2D eigenvalue weighted by atomic mass is 9.87. The van der Waals surface area contributed by atoms with E-state index in [1.165, 1.54) is 37.9 Å². The molecule has 1 spiro atoms. The normalized spacial score (nSPS) is 22.5. The van der Waals surface area contributed by atoms with Crippen LogP contribution in [0.25, 0.3) is 0 Å². The van der Waals surface area contributed by atoms with Crippen molar-refractivity contribution in [3.63, 3.8) is 0 Å². The van der Waals surface area contributed by atoms with E-state index < -0.39 is 0 Å². The van der Waals surface area contributed by atoms with Crippen molar-refractivity contribution in [1.29, 1.82) is 0 Å². The van der Waals surface area contributed by atoms with Gasteiger partial charge in [0.2, 0.25) is 0 Å². The summed E-state index contributed by atoms with van der Waals surface area (Å²) in [5.74, 6) is 2.19. The quantitative estimate of drug-likeness (QED) is 0.424. The van der Waals surface area contributed by atoms with E-state index >= 15 is 0 Å². The molecule has 6 heteroatoms. The average Bonchev–Trinajstić information content (AvgIpc) is 2.44. The number of aliphatic imine (C=N–C) groups is 1. The van der Waals surface area contributed by atoms with Crippen LogP contribution in [-0.4, -0.2) is 59.3 Å². The van der Waals surface area contributed by atoms with E-state index in [4.69, 9.17) is 5.11 Å². The highest BCUT2D eigenvalue weighted by Gasteiger charge is 2.38. The Hall–Kier alpha value is 0.310. The van der Waals surface area contributed by atoms with E-state index in [9.17, 15) is 0 Å². The molecule has 2 rings (SSSR count). The van der Waals surface area contributed by atoms with Gasteiger partial charge >= 0.3 is 0 Å². The minimum Gasteiger partial charge on any atom is -0.394 e. The van der Waals surface area contributed by atoms with Gasteiger partial charge in [-0.25, -0.2) is 0 Å². The highest BCUT2D eigenvalue weighted by atomic mass is 127. The summed E-state index contributed by atoms with van der Waals surface area (Å²) < 4.78 is 0.464. The van der Waals surface area contributed by atoms with Crippen LogP contribution in [0.15, 0.2) is 4.99 Å². The lowest BCUT2D eigenvalue weighted by Gasteiger charge is -2.45. The van der Waals surface area contributed by atoms with Gasteiger partial charge in [-0.05, 0) is 19.8 Å². The van der Waals surface area contributed by atoms with E-state index in [1.54, 1.807) is 0 Å². The first-order valence-corrected chi connectivity index (χ1v) is 8.56. The van der Waals surface area contributed by atoms with E-state index in [0.717, 1.165) is 25.6 Å². The Morgan fingerprint density at radius 3 is 2.75 bits per heavy atom. The molecule has 0 unspecified atom stereocenters. The van der Waals surface area contributed by atoms with Crippen LogP contribution >= 0.6 is 35.7 Å². The predicted octanol–water partition coefficient (Wildman–Crippen LogP) is 2.31. The van der Waals surface area contributed by atoms with E-state index in [1.807, 2.05) is 0 Å². The summed E-state index contributed by atoms with van der Waals surface area (Å²) in [6.07, 6.45) is 6.87. The summed E-state index contributed by atoms with van der Waals surface area (Å²) >= 11 is 2.18. The number of aliphatic hydroxyl groups excluding tert-OH is 1. The fourth-order valence-electron chi connectivity index (χ4n) is 3.11. The summed E-state index contributed by atoms with van der Waals surface area (Å²) in [7, 11) is 0. The molecule has 1 saturated carbocycles. The fourth-order valence-corrected chi connectivity index (χ4v) is 4.68. The number of thioether (sulfide) groups is 1. The third-order valence-electron chi connectivity index (χ3n) is 4.01. The van der Waals surface area contributed by atoms with Gasteiger partial charge in [-0.3, -0.25) is 4.99 Å². The zero-order valence-corrected chi connectivity index (χ0v) is 15.6. The van der Waals surface area contributed by atoms with Gasteiger partial charge in [-0.2, -0.15) is 11.8 Å².